The van der Waals surface area contributed by atoms with Crippen LogP contribution in [0, 0.1) is 0 Å². The van der Waals surface area contributed by atoms with Crippen molar-refractivity contribution in [1.82, 2.24) is 16.0 Å². The SMILES string of the molecule is CC(C)(C)OC(COC(=O)NCCC(=O)NCCNC(=O)CCO)OCCO. The van der Waals surface area contributed by atoms with E-state index in [0.29, 0.717) is 0 Å². The van der Waals surface area contributed by atoms with Gasteiger partial charge in [-0.3, -0.25) is 9.59 Å². The monoisotopic (exact) mass is 407 g/mol. The molecule has 0 aromatic rings. The number of rotatable bonds is 14. The molecule has 0 fully saturated rings. The second-order valence-corrected chi connectivity index (χ2v) is 6.70. The number of ether oxygens (including phenoxy) is 3. The van der Waals surface area contributed by atoms with Crippen LogP contribution in [0.4, 0.5) is 4.79 Å². The molecule has 0 bridgehead atoms. The summed E-state index contributed by atoms with van der Waals surface area (Å²) in [6.45, 7) is 5.50. The lowest BCUT2D eigenvalue weighted by atomic mass is 10.2. The van der Waals surface area contributed by atoms with Crippen molar-refractivity contribution < 1.29 is 38.8 Å². The summed E-state index contributed by atoms with van der Waals surface area (Å²) < 4.78 is 15.8. The lowest BCUT2D eigenvalue weighted by molar-refractivity contribution is -0.212. The van der Waals surface area contributed by atoms with Gasteiger partial charge in [-0.1, -0.05) is 0 Å². The maximum absolute atomic E-state index is 11.7. The minimum atomic E-state index is -0.817. The number of carbonyl (C=O) groups is 3. The third-order valence-corrected chi connectivity index (χ3v) is 2.96. The highest BCUT2D eigenvalue weighted by molar-refractivity contribution is 5.77. The molecule has 1 atom stereocenters. The summed E-state index contributed by atoms with van der Waals surface area (Å²) in [5.41, 5.74) is -0.518. The van der Waals surface area contributed by atoms with E-state index >= 15 is 0 Å². The minimum Gasteiger partial charge on any atom is -0.444 e. The predicted molar refractivity (Wildman–Crippen MR) is 99.4 cm³/mol. The van der Waals surface area contributed by atoms with Crippen LogP contribution in [0.5, 0.6) is 0 Å². The molecule has 11 heteroatoms. The molecule has 0 spiro atoms. The van der Waals surface area contributed by atoms with Crippen LogP contribution in [0.1, 0.15) is 33.6 Å². The Labute approximate surface area is 165 Å². The van der Waals surface area contributed by atoms with Crippen LogP contribution in [0.25, 0.3) is 0 Å². The Balaban J connectivity index is 3.91. The Morgan fingerprint density at radius 2 is 1.50 bits per heavy atom. The molecule has 28 heavy (non-hydrogen) atoms. The topological polar surface area (TPSA) is 155 Å². The Bertz CT molecular complexity index is 468. The molecule has 11 nitrogen and oxygen atoms in total. The van der Waals surface area contributed by atoms with Gasteiger partial charge in [0, 0.05) is 32.5 Å². The average molecular weight is 407 g/mol. The quantitative estimate of drug-likeness (QED) is 0.179. The second kappa shape index (κ2) is 15.0. The van der Waals surface area contributed by atoms with E-state index in [4.69, 9.17) is 24.4 Å². The lowest BCUT2D eigenvalue weighted by Crippen LogP contribution is -2.38. The number of aliphatic hydroxyl groups excluding tert-OH is 2. The number of alkyl carbamates (subject to hydrolysis) is 1. The first kappa shape index (κ1) is 26.1. The Morgan fingerprint density at radius 3 is 2.04 bits per heavy atom. The van der Waals surface area contributed by atoms with Crippen LogP contribution in [-0.2, 0) is 23.8 Å². The van der Waals surface area contributed by atoms with E-state index in [9.17, 15) is 14.4 Å². The Hall–Kier alpha value is -1.95. The molecule has 1 unspecified atom stereocenters. The molecular weight excluding hydrogens is 374 g/mol. The zero-order valence-electron chi connectivity index (χ0n) is 16.8. The van der Waals surface area contributed by atoms with Crippen LogP contribution in [0.3, 0.4) is 0 Å². The summed E-state index contributed by atoms with van der Waals surface area (Å²) in [7, 11) is 0. The standard InChI is InChI=1S/C17H33N3O8/c1-17(2,3)28-15(26-11-10-22)12-27-16(25)20-6-4-13(23)18-7-8-19-14(24)5-9-21/h15,21-22H,4-12H2,1-3H3,(H,18,23)(H,19,24)(H,20,25). The van der Waals surface area contributed by atoms with Gasteiger partial charge in [0.15, 0.2) is 6.29 Å². The van der Waals surface area contributed by atoms with Gasteiger partial charge in [0.2, 0.25) is 11.8 Å². The fourth-order valence-electron chi connectivity index (χ4n) is 1.85. The molecular formula is C17H33N3O8. The van der Waals surface area contributed by atoms with Gasteiger partial charge >= 0.3 is 6.09 Å². The van der Waals surface area contributed by atoms with Gasteiger partial charge in [-0.05, 0) is 20.8 Å². The number of hydrogen-bond acceptors (Lipinski definition) is 8. The maximum atomic E-state index is 11.7. The molecule has 0 radical (unpaired) electrons. The van der Waals surface area contributed by atoms with E-state index in [2.05, 4.69) is 16.0 Å². The fraction of sp³-hybridized carbons (Fsp3) is 0.824. The van der Waals surface area contributed by atoms with Crippen LogP contribution in [-0.4, -0.2) is 86.1 Å². The zero-order valence-corrected chi connectivity index (χ0v) is 16.8. The maximum Gasteiger partial charge on any atom is 0.407 e. The lowest BCUT2D eigenvalue weighted by Gasteiger charge is -2.27. The molecule has 0 aliphatic heterocycles. The van der Waals surface area contributed by atoms with Crippen LogP contribution in [0.15, 0.2) is 0 Å². The summed E-state index contributed by atoms with van der Waals surface area (Å²) >= 11 is 0. The van der Waals surface area contributed by atoms with Gasteiger partial charge in [0.25, 0.3) is 0 Å². The number of amides is 3. The summed E-state index contributed by atoms with van der Waals surface area (Å²) in [5, 5.41) is 24.9. The third kappa shape index (κ3) is 16.2. The summed E-state index contributed by atoms with van der Waals surface area (Å²) in [6, 6.07) is 0. The van der Waals surface area contributed by atoms with Gasteiger partial charge in [0.05, 0.1) is 25.4 Å². The molecule has 5 N–H and O–H groups in total. The van der Waals surface area contributed by atoms with Gasteiger partial charge < -0.3 is 40.4 Å². The molecule has 0 saturated carbocycles. The van der Waals surface area contributed by atoms with Crippen LogP contribution >= 0.6 is 0 Å². The third-order valence-electron chi connectivity index (χ3n) is 2.96. The molecule has 0 saturated heterocycles. The van der Waals surface area contributed by atoms with Crippen molar-refractivity contribution in [2.45, 2.75) is 45.5 Å². The van der Waals surface area contributed by atoms with Crippen molar-refractivity contribution >= 4 is 17.9 Å². The summed E-state index contributed by atoms with van der Waals surface area (Å²) in [6.07, 6.45) is -1.48. The highest BCUT2D eigenvalue weighted by atomic mass is 16.7. The van der Waals surface area contributed by atoms with E-state index in [-0.39, 0.29) is 70.7 Å². The Kier molecular flexibility index (Phi) is 14.0. The number of nitrogens with one attached hydrogen (secondary N) is 3. The van der Waals surface area contributed by atoms with Crippen molar-refractivity contribution in [1.29, 1.82) is 0 Å². The van der Waals surface area contributed by atoms with Crippen molar-refractivity contribution in [3.63, 3.8) is 0 Å². The number of aliphatic hydroxyl groups is 2. The fourth-order valence-corrected chi connectivity index (χ4v) is 1.85. The minimum absolute atomic E-state index is 0.0205. The van der Waals surface area contributed by atoms with E-state index in [1.807, 2.05) is 20.8 Å². The van der Waals surface area contributed by atoms with Crippen LogP contribution in [0.2, 0.25) is 0 Å². The second-order valence-electron chi connectivity index (χ2n) is 6.70. The van der Waals surface area contributed by atoms with Crippen molar-refractivity contribution in [2.75, 3.05) is 46.1 Å². The normalized spacial score (nSPS) is 12.2. The molecule has 0 aliphatic rings. The van der Waals surface area contributed by atoms with Gasteiger partial charge in [0.1, 0.15) is 6.61 Å². The van der Waals surface area contributed by atoms with E-state index in [0.717, 1.165) is 0 Å². The van der Waals surface area contributed by atoms with Crippen LogP contribution < -0.4 is 16.0 Å². The molecule has 0 rings (SSSR count). The van der Waals surface area contributed by atoms with E-state index in [1.165, 1.54) is 0 Å². The first-order chi connectivity index (χ1) is 13.2. The summed E-state index contributed by atoms with van der Waals surface area (Å²) in [4.78, 5) is 34.4. The van der Waals surface area contributed by atoms with E-state index in [1.54, 1.807) is 0 Å². The summed E-state index contributed by atoms with van der Waals surface area (Å²) in [5.74, 6) is -0.588. The van der Waals surface area contributed by atoms with Gasteiger partial charge in [-0.2, -0.15) is 0 Å². The average Bonchev–Trinajstić information content (AvgIpc) is 2.60. The predicted octanol–water partition coefficient (Wildman–Crippen LogP) is -1.13. The zero-order chi connectivity index (χ0) is 21.4. The largest absolute Gasteiger partial charge is 0.444 e. The smallest absolute Gasteiger partial charge is 0.407 e. The highest BCUT2D eigenvalue weighted by Crippen LogP contribution is 2.12. The molecule has 0 heterocycles. The number of carbonyl (C=O) groups excluding carboxylic acids is 3. The van der Waals surface area contributed by atoms with Crippen molar-refractivity contribution in [3.8, 4) is 0 Å². The Morgan fingerprint density at radius 1 is 0.893 bits per heavy atom. The van der Waals surface area contributed by atoms with Crippen molar-refractivity contribution in [2.24, 2.45) is 0 Å². The molecule has 164 valence electrons. The molecule has 3 amide bonds. The number of hydrogen-bond donors (Lipinski definition) is 5. The molecule has 0 aromatic heterocycles. The van der Waals surface area contributed by atoms with Crippen molar-refractivity contribution in [3.05, 3.63) is 0 Å². The van der Waals surface area contributed by atoms with E-state index < -0.39 is 18.0 Å². The highest BCUT2D eigenvalue weighted by Gasteiger charge is 2.21. The first-order valence-corrected chi connectivity index (χ1v) is 9.13. The molecule has 0 aliphatic carbocycles. The van der Waals surface area contributed by atoms with Gasteiger partial charge in [-0.15, -0.1) is 0 Å². The first-order valence-electron chi connectivity index (χ1n) is 9.13. The van der Waals surface area contributed by atoms with Gasteiger partial charge in [-0.25, -0.2) is 4.79 Å². The molecule has 0 aromatic carbocycles.